The predicted molar refractivity (Wildman–Crippen MR) is 93.3 cm³/mol. The molecule has 0 radical (unpaired) electrons. The highest BCUT2D eigenvalue weighted by Crippen LogP contribution is 2.29. The van der Waals surface area contributed by atoms with Crippen LogP contribution in [0.25, 0.3) is 11.1 Å². The van der Waals surface area contributed by atoms with Crippen LogP contribution in [0.2, 0.25) is 0 Å². The molecule has 130 valence electrons. The number of para-hydroxylation sites is 2. The Kier molecular flexibility index (Phi) is 4.74. The summed E-state index contributed by atoms with van der Waals surface area (Å²) in [6, 6.07) is 12.2. The second-order valence-corrected chi connectivity index (χ2v) is 5.35. The van der Waals surface area contributed by atoms with Crippen molar-refractivity contribution >= 4 is 22.7 Å². The van der Waals surface area contributed by atoms with Gasteiger partial charge in [0.1, 0.15) is 11.5 Å². The largest absolute Gasteiger partial charge is 0.497 e. The van der Waals surface area contributed by atoms with E-state index in [1.54, 1.807) is 43.5 Å². The fourth-order valence-corrected chi connectivity index (χ4v) is 2.56. The maximum absolute atomic E-state index is 12.3. The van der Waals surface area contributed by atoms with Gasteiger partial charge in [0.05, 0.1) is 25.4 Å². The van der Waals surface area contributed by atoms with Crippen molar-refractivity contribution in [1.82, 2.24) is 4.57 Å². The third-order valence-electron chi connectivity index (χ3n) is 3.82. The summed E-state index contributed by atoms with van der Waals surface area (Å²) in [5.41, 5.74) is 1.68. The van der Waals surface area contributed by atoms with E-state index in [-0.39, 0.29) is 18.9 Å². The number of nitrogens with zero attached hydrogens (tertiary/aromatic N) is 1. The Bertz CT molecular complexity index is 957. The molecule has 0 aliphatic carbocycles. The van der Waals surface area contributed by atoms with E-state index >= 15 is 0 Å². The van der Waals surface area contributed by atoms with Gasteiger partial charge in [-0.1, -0.05) is 12.1 Å². The number of nitrogens with one attached hydrogen (secondary N) is 1. The van der Waals surface area contributed by atoms with Gasteiger partial charge in [-0.3, -0.25) is 9.36 Å². The molecule has 0 fully saturated rings. The van der Waals surface area contributed by atoms with Gasteiger partial charge in [0.2, 0.25) is 5.91 Å². The number of fused-ring (bicyclic) bond motifs is 1. The van der Waals surface area contributed by atoms with Crippen LogP contribution in [-0.2, 0) is 11.3 Å². The molecule has 0 aliphatic rings. The number of aromatic nitrogens is 1. The molecule has 0 unspecified atom stereocenters. The van der Waals surface area contributed by atoms with Crippen LogP contribution in [0.4, 0.5) is 5.69 Å². The van der Waals surface area contributed by atoms with Gasteiger partial charge < -0.3 is 19.2 Å². The SMILES string of the molecule is COc1ccc(OC)c(NC(=O)CCn2c(=O)oc3ccccc32)c1. The molecule has 0 spiro atoms. The molecular formula is C18H18N2O5. The fourth-order valence-electron chi connectivity index (χ4n) is 2.56. The van der Waals surface area contributed by atoms with Gasteiger partial charge in [-0.25, -0.2) is 4.79 Å². The standard InChI is InChI=1S/C18H18N2O5/c1-23-12-7-8-15(24-2)13(11-12)19-17(21)9-10-20-14-5-3-4-6-16(14)25-18(20)22/h3-8,11H,9-10H2,1-2H3,(H,19,21). The van der Waals surface area contributed by atoms with Crippen LogP contribution in [0.15, 0.2) is 51.7 Å². The topological polar surface area (TPSA) is 82.7 Å². The first-order valence-electron chi connectivity index (χ1n) is 7.72. The highest BCUT2D eigenvalue weighted by atomic mass is 16.5. The summed E-state index contributed by atoms with van der Waals surface area (Å²) in [5, 5.41) is 2.78. The van der Waals surface area contributed by atoms with Crippen molar-refractivity contribution in [3.63, 3.8) is 0 Å². The van der Waals surface area contributed by atoms with E-state index in [4.69, 9.17) is 13.9 Å². The normalized spacial score (nSPS) is 10.6. The van der Waals surface area contributed by atoms with Crippen molar-refractivity contribution < 1.29 is 18.7 Å². The number of amides is 1. The minimum atomic E-state index is -0.479. The highest BCUT2D eigenvalue weighted by molar-refractivity contribution is 5.92. The lowest BCUT2D eigenvalue weighted by Crippen LogP contribution is -2.20. The van der Waals surface area contributed by atoms with E-state index in [1.807, 2.05) is 6.07 Å². The number of hydrogen-bond acceptors (Lipinski definition) is 5. The average molecular weight is 342 g/mol. The van der Waals surface area contributed by atoms with Gasteiger partial charge in [0.15, 0.2) is 5.58 Å². The molecule has 1 amide bonds. The fraction of sp³-hybridized carbons (Fsp3) is 0.222. The van der Waals surface area contributed by atoms with Crippen molar-refractivity contribution in [1.29, 1.82) is 0 Å². The molecule has 0 atom stereocenters. The lowest BCUT2D eigenvalue weighted by molar-refractivity contribution is -0.116. The average Bonchev–Trinajstić information content (AvgIpc) is 2.95. The predicted octanol–water partition coefficient (Wildman–Crippen LogP) is 2.64. The maximum atomic E-state index is 12.3. The summed E-state index contributed by atoms with van der Waals surface area (Å²) in [5.74, 6) is 0.407. The zero-order valence-electron chi connectivity index (χ0n) is 13.9. The van der Waals surface area contributed by atoms with Gasteiger partial charge in [0.25, 0.3) is 0 Å². The van der Waals surface area contributed by atoms with Crippen molar-refractivity contribution in [3.05, 3.63) is 53.0 Å². The zero-order chi connectivity index (χ0) is 17.8. The Labute approximate surface area is 143 Å². The van der Waals surface area contributed by atoms with Gasteiger partial charge in [-0.2, -0.15) is 0 Å². The van der Waals surface area contributed by atoms with E-state index in [2.05, 4.69) is 5.32 Å². The lowest BCUT2D eigenvalue weighted by atomic mass is 10.2. The van der Waals surface area contributed by atoms with Crippen LogP contribution in [0, 0.1) is 0 Å². The minimum absolute atomic E-state index is 0.115. The van der Waals surface area contributed by atoms with Crippen LogP contribution in [0.1, 0.15) is 6.42 Å². The number of ether oxygens (including phenoxy) is 2. The molecule has 1 heterocycles. The Balaban J connectivity index is 1.73. The van der Waals surface area contributed by atoms with E-state index in [0.717, 1.165) is 0 Å². The maximum Gasteiger partial charge on any atom is 0.419 e. The molecule has 1 aromatic heterocycles. The van der Waals surface area contributed by atoms with Crippen molar-refractivity contribution in [2.24, 2.45) is 0 Å². The number of hydrogen-bond donors (Lipinski definition) is 1. The Morgan fingerprint density at radius 3 is 2.72 bits per heavy atom. The van der Waals surface area contributed by atoms with Gasteiger partial charge in [0, 0.05) is 19.0 Å². The van der Waals surface area contributed by atoms with Crippen LogP contribution >= 0.6 is 0 Å². The van der Waals surface area contributed by atoms with Crippen molar-refractivity contribution in [2.75, 3.05) is 19.5 Å². The molecular weight excluding hydrogens is 324 g/mol. The number of benzene rings is 2. The smallest absolute Gasteiger partial charge is 0.419 e. The van der Waals surface area contributed by atoms with E-state index in [1.165, 1.54) is 11.7 Å². The number of aryl methyl sites for hydroxylation is 1. The van der Waals surface area contributed by atoms with Crippen LogP contribution in [0.3, 0.4) is 0 Å². The summed E-state index contributed by atoms with van der Waals surface area (Å²) >= 11 is 0. The molecule has 3 aromatic rings. The van der Waals surface area contributed by atoms with E-state index in [9.17, 15) is 9.59 Å². The molecule has 7 heteroatoms. The first-order chi connectivity index (χ1) is 12.1. The number of rotatable bonds is 6. The van der Waals surface area contributed by atoms with E-state index in [0.29, 0.717) is 28.3 Å². The molecule has 25 heavy (non-hydrogen) atoms. The molecule has 1 N–H and O–H groups in total. The molecule has 0 saturated carbocycles. The zero-order valence-corrected chi connectivity index (χ0v) is 13.9. The lowest BCUT2D eigenvalue weighted by Gasteiger charge is -2.11. The first kappa shape index (κ1) is 16.6. The van der Waals surface area contributed by atoms with Gasteiger partial charge in [-0.05, 0) is 24.3 Å². The molecule has 2 aromatic carbocycles. The van der Waals surface area contributed by atoms with Crippen molar-refractivity contribution in [2.45, 2.75) is 13.0 Å². The Morgan fingerprint density at radius 1 is 1.16 bits per heavy atom. The molecule has 0 bridgehead atoms. The molecule has 3 rings (SSSR count). The van der Waals surface area contributed by atoms with Gasteiger partial charge in [-0.15, -0.1) is 0 Å². The number of carbonyl (C=O) groups excluding carboxylic acids is 1. The minimum Gasteiger partial charge on any atom is -0.497 e. The van der Waals surface area contributed by atoms with Crippen LogP contribution in [0.5, 0.6) is 11.5 Å². The molecule has 0 aliphatic heterocycles. The monoisotopic (exact) mass is 342 g/mol. The Hall–Kier alpha value is -3.22. The van der Waals surface area contributed by atoms with Gasteiger partial charge >= 0.3 is 5.76 Å². The summed E-state index contributed by atoms with van der Waals surface area (Å²) in [6.45, 7) is 0.216. The summed E-state index contributed by atoms with van der Waals surface area (Å²) in [7, 11) is 3.07. The first-order valence-corrected chi connectivity index (χ1v) is 7.72. The van der Waals surface area contributed by atoms with Crippen LogP contribution in [-0.4, -0.2) is 24.7 Å². The summed E-state index contributed by atoms with van der Waals surface area (Å²) in [4.78, 5) is 24.2. The van der Waals surface area contributed by atoms with Crippen LogP contribution < -0.4 is 20.5 Å². The third-order valence-corrected chi connectivity index (χ3v) is 3.82. The number of methoxy groups -OCH3 is 2. The number of anilines is 1. The second kappa shape index (κ2) is 7.12. The summed E-state index contributed by atoms with van der Waals surface area (Å²) < 4.78 is 17.0. The highest BCUT2D eigenvalue weighted by Gasteiger charge is 2.12. The third kappa shape index (κ3) is 3.50. The number of carbonyl (C=O) groups is 1. The second-order valence-electron chi connectivity index (χ2n) is 5.35. The quantitative estimate of drug-likeness (QED) is 0.745. The molecule has 7 nitrogen and oxygen atoms in total. The number of oxazole rings is 1. The molecule has 0 saturated heterocycles. The van der Waals surface area contributed by atoms with E-state index < -0.39 is 5.76 Å². The van der Waals surface area contributed by atoms with Crippen molar-refractivity contribution in [3.8, 4) is 11.5 Å². The summed E-state index contributed by atoms with van der Waals surface area (Å²) in [6.07, 6.45) is 0.115. The Morgan fingerprint density at radius 2 is 1.96 bits per heavy atom.